The number of hydrogen-bond acceptors (Lipinski definition) is 6. The molecule has 0 aliphatic carbocycles. The molecule has 1 aliphatic rings. The van der Waals surface area contributed by atoms with Gasteiger partial charge in [0.25, 0.3) is 5.91 Å². The third kappa shape index (κ3) is 4.38. The van der Waals surface area contributed by atoms with Crippen molar-refractivity contribution in [3.05, 3.63) is 44.6 Å². The smallest absolute Gasteiger partial charge is 0.340 e. The van der Waals surface area contributed by atoms with Crippen LogP contribution in [0.25, 0.3) is 0 Å². The fourth-order valence-electron chi connectivity index (χ4n) is 2.09. The molecule has 0 radical (unpaired) electrons. The zero-order valence-corrected chi connectivity index (χ0v) is 16.2. The fraction of sp³-hybridized carbons (Fsp3) is 0.188. The van der Waals surface area contributed by atoms with Crippen molar-refractivity contribution in [1.29, 1.82) is 0 Å². The van der Waals surface area contributed by atoms with E-state index < -0.39 is 18.5 Å². The maximum absolute atomic E-state index is 12.0. The molecule has 26 heavy (non-hydrogen) atoms. The van der Waals surface area contributed by atoms with Gasteiger partial charge >= 0.3 is 5.97 Å². The summed E-state index contributed by atoms with van der Waals surface area (Å²) in [6.45, 7) is 0.405. The van der Waals surface area contributed by atoms with Crippen LogP contribution in [0, 0.1) is 0 Å². The molecule has 1 amide bonds. The Labute approximate surface area is 166 Å². The van der Waals surface area contributed by atoms with Gasteiger partial charge in [-0.05, 0) is 22.0 Å². The number of fused-ring (bicyclic) bond motifs is 1. The molecular weight excluding hydrogens is 451 g/mol. The molecule has 1 N–H and O–H groups in total. The molecule has 3 rings (SSSR count). The van der Waals surface area contributed by atoms with Crippen molar-refractivity contribution in [3.63, 3.8) is 0 Å². The average Bonchev–Trinajstić information content (AvgIpc) is 2.62. The second-order valence-electron chi connectivity index (χ2n) is 5.10. The molecule has 1 aromatic carbocycles. The molecule has 0 unspecified atom stereocenters. The second kappa shape index (κ2) is 8.11. The minimum atomic E-state index is -0.743. The highest BCUT2D eigenvalue weighted by molar-refractivity contribution is 9.10. The Morgan fingerprint density at radius 2 is 1.88 bits per heavy atom. The summed E-state index contributed by atoms with van der Waals surface area (Å²) in [6.07, 6.45) is 1.21. The number of carbonyl (C=O) groups is 2. The number of anilines is 1. The van der Waals surface area contributed by atoms with Crippen molar-refractivity contribution in [1.82, 2.24) is 4.98 Å². The van der Waals surface area contributed by atoms with Crippen LogP contribution in [-0.2, 0) is 9.53 Å². The summed E-state index contributed by atoms with van der Waals surface area (Å²) in [5.41, 5.74) is 0.555. The van der Waals surface area contributed by atoms with Gasteiger partial charge < -0.3 is 19.5 Å². The van der Waals surface area contributed by atoms with Gasteiger partial charge in [0, 0.05) is 22.8 Å². The summed E-state index contributed by atoms with van der Waals surface area (Å²) in [4.78, 5) is 27.7. The monoisotopic (exact) mass is 460 g/mol. The van der Waals surface area contributed by atoms with Gasteiger partial charge in [-0.3, -0.25) is 4.79 Å². The second-order valence-corrected chi connectivity index (χ2v) is 6.72. The maximum Gasteiger partial charge on any atom is 0.340 e. The quantitative estimate of drug-likeness (QED) is 0.551. The van der Waals surface area contributed by atoms with Crippen LogP contribution in [0.2, 0.25) is 10.2 Å². The van der Waals surface area contributed by atoms with E-state index in [-0.39, 0.29) is 15.7 Å². The van der Waals surface area contributed by atoms with Crippen molar-refractivity contribution in [2.24, 2.45) is 0 Å². The molecule has 0 spiro atoms. The van der Waals surface area contributed by atoms with Gasteiger partial charge in [0.1, 0.15) is 18.4 Å². The van der Waals surface area contributed by atoms with Gasteiger partial charge in [-0.2, -0.15) is 0 Å². The van der Waals surface area contributed by atoms with Gasteiger partial charge in [0.05, 0.1) is 16.3 Å². The zero-order valence-electron chi connectivity index (χ0n) is 13.1. The van der Waals surface area contributed by atoms with Crippen LogP contribution in [0.3, 0.4) is 0 Å². The number of hydrogen-bond donors (Lipinski definition) is 1. The van der Waals surface area contributed by atoms with Gasteiger partial charge in [0.2, 0.25) is 0 Å². The Kier molecular flexibility index (Phi) is 5.85. The minimum Gasteiger partial charge on any atom is -0.486 e. The van der Waals surface area contributed by atoms with Gasteiger partial charge in [-0.1, -0.05) is 23.2 Å². The Bertz CT molecular complexity index is 878. The van der Waals surface area contributed by atoms with Crippen molar-refractivity contribution < 1.29 is 23.8 Å². The lowest BCUT2D eigenvalue weighted by molar-refractivity contribution is -0.119. The third-order valence-corrected chi connectivity index (χ3v) is 4.61. The summed E-state index contributed by atoms with van der Waals surface area (Å²) in [5, 5.41) is 2.82. The molecule has 1 aliphatic heterocycles. The van der Waals surface area contributed by atoms with Crippen LogP contribution >= 0.6 is 39.1 Å². The van der Waals surface area contributed by atoms with Crippen LogP contribution in [0.15, 0.2) is 28.9 Å². The van der Waals surface area contributed by atoms with Crippen LogP contribution in [0.1, 0.15) is 10.4 Å². The lowest BCUT2D eigenvalue weighted by Gasteiger charge is -2.20. The number of amides is 1. The molecular formula is C16H11BrCl2N2O5. The first kappa shape index (κ1) is 18.8. The first-order valence-electron chi connectivity index (χ1n) is 7.31. The van der Waals surface area contributed by atoms with Crippen molar-refractivity contribution in [2.45, 2.75) is 0 Å². The van der Waals surface area contributed by atoms with E-state index in [0.29, 0.717) is 34.9 Å². The number of aromatic nitrogens is 1. The summed E-state index contributed by atoms with van der Waals surface area (Å²) in [5.74, 6) is -0.163. The standard InChI is InChI=1S/C16H11BrCl2N2O5/c17-9-4-12-13(25-2-1-24-12)5-11(9)21-14(22)7-26-16(23)8-3-10(18)15(19)20-6-8/h3-6H,1-2,7H2,(H,21,22). The highest BCUT2D eigenvalue weighted by Crippen LogP contribution is 2.38. The largest absolute Gasteiger partial charge is 0.486 e. The molecule has 0 bridgehead atoms. The summed E-state index contributed by atoms with van der Waals surface area (Å²) in [7, 11) is 0. The zero-order chi connectivity index (χ0) is 18.7. The van der Waals surface area contributed by atoms with Crippen LogP contribution in [-0.4, -0.2) is 36.7 Å². The van der Waals surface area contributed by atoms with Gasteiger partial charge in [-0.25, -0.2) is 9.78 Å². The van der Waals surface area contributed by atoms with Crippen LogP contribution in [0.5, 0.6) is 11.5 Å². The number of benzene rings is 1. The Morgan fingerprint density at radius 3 is 2.58 bits per heavy atom. The van der Waals surface area contributed by atoms with E-state index in [4.69, 9.17) is 37.4 Å². The third-order valence-electron chi connectivity index (χ3n) is 3.27. The molecule has 2 heterocycles. The minimum absolute atomic E-state index is 0.0735. The first-order valence-corrected chi connectivity index (χ1v) is 8.86. The maximum atomic E-state index is 12.0. The van der Waals surface area contributed by atoms with Crippen molar-refractivity contribution >= 4 is 56.7 Å². The lowest BCUT2D eigenvalue weighted by Crippen LogP contribution is -2.21. The van der Waals surface area contributed by atoms with E-state index in [0.717, 1.165) is 0 Å². The number of esters is 1. The fourth-order valence-corrected chi connectivity index (χ4v) is 2.78. The summed E-state index contributed by atoms with van der Waals surface area (Å²) < 4.78 is 16.5. The molecule has 0 fully saturated rings. The Morgan fingerprint density at radius 1 is 1.19 bits per heavy atom. The van der Waals surface area contributed by atoms with Gasteiger partial charge in [-0.15, -0.1) is 0 Å². The number of rotatable bonds is 4. The van der Waals surface area contributed by atoms with Crippen LogP contribution < -0.4 is 14.8 Å². The summed E-state index contributed by atoms with van der Waals surface area (Å²) in [6, 6.07) is 4.63. The summed E-state index contributed by atoms with van der Waals surface area (Å²) >= 11 is 14.8. The SMILES string of the molecule is O=C(COC(=O)c1cnc(Cl)c(Cl)c1)Nc1cc2c(cc1Br)OCCO2. The van der Waals surface area contributed by atoms with E-state index in [1.807, 2.05) is 0 Å². The molecule has 0 saturated carbocycles. The predicted octanol–water partition coefficient (Wildman–Crippen LogP) is 3.72. The normalized spacial score (nSPS) is 12.4. The van der Waals surface area contributed by atoms with Crippen molar-refractivity contribution in [2.75, 3.05) is 25.1 Å². The van der Waals surface area contributed by atoms with Crippen LogP contribution in [0.4, 0.5) is 5.69 Å². The van der Waals surface area contributed by atoms with Gasteiger partial charge in [0.15, 0.2) is 18.1 Å². The molecule has 0 saturated heterocycles. The van der Waals surface area contributed by atoms with E-state index >= 15 is 0 Å². The highest BCUT2D eigenvalue weighted by Gasteiger charge is 2.17. The van der Waals surface area contributed by atoms with E-state index in [1.165, 1.54) is 12.3 Å². The molecule has 2 aromatic rings. The molecule has 10 heteroatoms. The van der Waals surface area contributed by atoms with E-state index in [9.17, 15) is 9.59 Å². The Hall–Kier alpha value is -2.03. The first-order chi connectivity index (χ1) is 12.4. The average molecular weight is 462 g/mol. The topological polar surface area (TPSA) is 86.8 Å². The van der Waals surface area contributed by atoms with E-state index in [2.05, 4.69) is 26.2 Å². The number of ether oxygens (including phenoxy) is 3. The van der Waals surface area contributed by atoms with E-state index in [1.54, 1.807) is 12.1 Å². The Balaban J connectivity index is 1.60. The number of carbonyl (C=O) groups excluding carboxylic acids is 2. The number of nitrogens with zero attached hydrogens (tertiary/aromatic N) is 1. The predicted molar refractivity (Wildman–Crippen MR) is 98.3 cm³/mol. The number of pyridine rings is 1. The molecule has 1 aromatic heterocycles. The molecule has 136 valence electrons. The highest BCUT2D eigenvalue weighted by atomic mass is 79.9. The molecule has 7 nitrogen and oxygen atoms in total. The van der Waals surface area contributed by atoms with Crippen molar-refractivity contribution in [3.8, 4) is 11.5 Å². The molecule has 0 atom stereocenters. The number of halogens is 3. The number of nitrogens with one attached hydrogen (secondary N) is 1. The lowest BCUT2D eigenvalue weighted by atomic mass is 10.2.